The van der Waals surface area contributed by atoms with Gasteiger partial charge in [-0.1, -0.05) is 24.3 Å². The molecule has 0 aliphatic heterocycles. The third kappa shape index (κ3) is 4.30. The van der Waals surface area contributed by atoms with Gasteiger partial charge in [-0.15, -0.1) is 0 Å². The second-order valence-electron chi connectivity index (χ2n) is 4.10. The van der Waals surface area contributed by atoms with Crippen molar-refractivity contribution in [2.24, 2.45) is 0 Å². The first kappa shape index (κ1) is 13.2. The van der Waals surface area contributed by atoms with Crippen molar-refractivity contribution < 1.29 is 14.2 Å². The maximum atomic E-state index is 11.6. The average molecular weight is 243 g/mol. The summed E-state index contributed by atoms with van der Waals surface area (Å²) in [6.45, 7) is 4.34. The Kier molecular flexibility index (Phi) is 4.46. The Morgan fingerprint density at radius 2 is 1.69 bits per heavy atom. The van der Waals surface area contributed by atoms with Crippen molar-refractivity contribution in [2.45, 2.75) is 32.2 Å². The molecule has 4 nitrogen and oxygen atoms in total. The lowest BCUT2D eigenvalue weighted by molar-refractivity contribution is -0.386. The molecule has 0 bridgehead atoms. The SMILES string of the molecule is CC(C)NS(=O)(=O)Cc1ccc(C[NH3+])cc1. The molecule has 1 aromatic rings. The summed E-state index contributed by atoms with van der Waals surface area (Å²) in [5.74, 6) is 0.0304. The van der Waals surface area contributed by atoms with Crippen LogP contribution >= 0.6 is 0 Å². The molecule has 0 aliphatic carbocycles. The van der Waals surface area contributed by atoms with Gasteiger partial charge in [-0.3, -0.25) is 0 Å². The molecule has 1 aromatic carbocycles. The fourth-order valence-corrected chi connectivity index (χ4v) is 2.86. The molecule has 0 saturated carbocycles. The lowest BCUT2D eigenvalue weighted by Gasteiger charge is -2.09. The molecule has 0 spiro atoms. The standard InChI is InChI=1S/C11H18N2O2S/c1-9(2)13-16(14,15)8-11-5-3-10(7-12)4-6-11/h3-6,9,13H,7-8,12H2,1-2H3/p+1. The smallest absolute Gasteiger partial charge is 0.216 e. The minimum Gasteiger partial charge on any atom is -0.354 e. The zero-order valence-corrected chi connectivity index (χ0v) is 10.5. The summed E-state index contributed by atoms with van der Waals surface area (Å²) in [6, 6.07) is 7.42. The maximum absolute atomic E-state index is 11.6. The van der Waals surface area contributed by atoms with E-state index in [9.17, 15) is 8.42 Å². The predicted molar refractivity (Wildman–Crippen MR) is 63.9 cm³/mol. The molecule has 0 atom stereocenters. The van der Waals surface area contributed by atoms with Crippen LogP contribution in [0.15, 0.2) is 24.3 Å². The lowest BCUT2D eigenvalue weighted by atomic mass is 10.1. The number of rotatable bonds is 5. The molecule has 0 heterocycles. The van der Waals surface area contributed by atoms with Gasteiger partial charge in [0.25, 0.3) is 0 Å². The number of hydrogen-bond acceptors (Lipinski definition) is 2. The van der Waals surface area contributed by atoms with Gasteiger partial charge in [0.05, 0.1) is 12.3 Å². The van der Waals surface area contributed by atoms with E-state index in [0.29, 0.717) is 0 Å². The summed E-state index contributed by atoms with van der Waals surface area (Å²) in [5.41, 5.74) is 5.67. The zero-order valence-electron chi connectivity index (χ0n) is 9.73. The molecule has 0 aromatic heterocycles. The van der Waals surface area contributed by atoms with Crippen molar-refractivity contribution in [3.8, 4) is 0 Å². The fourth-order valence-electron chi connectivity index (χ4n) is 1.42. The van der Waals surface area contributed by atoms with E-state index in [1.807, 2.05) is 38.1 Å². The van der Waals surface area contributed by atoms with Gasteiger partial charge >= 0.3 is 0 Å². The van der Waals surface area contributed by atoms with Crippen LogP contribution in [0.2, 0.25) is 0 Å². The molecule has 0 fully saturated rings. The van der Waals surface area contributed by atoms with Crippen LogP contribution in [0.3, 0.4) is 0 Å². The predicted octanol–water partition coefficient (Wildman–Crippen LogP) is 0.256. The molecular formula is C11H19N2O2S+. The minimum atomic E-state index is -3.22. The summed E-state index contributed by atoms with van der Waals surface area (Å²) < 4.78 is 25.8. The highest BCUT2D eigenvalue weighted by molar-refractivity contribution is 7.88. The molecule has 0 radical (unpaired) electrons. The van der Waals surface area contributed by atoms with Crippen molar-refractivity contribution in [1.29, 1.82) is 0 Å². The Morgan fingerprint density at radius 3 is 2.12 bits per heavy atom. The Morgan fingerprint density at radius 1 is 1.19 bits per heavy atom. The van der Waals surface area contributed by atoms with Crippen LogP contribution in [0, 0.1) is 0 Å². The molecule has 90 valence electrons. The molecule has 1 rings (SSSR count). The van der Waals surface area contributed by atoms with Crippen molar-refractivity contribution in [1.82, 2.24) is 4.72 Å². The van der Waals surface area contributed by atoms with Crippen LogP contribution in [0.1, 0.15) is 25.0 Å². The Balaban J connectivity index is 2.72. The fraction of sp³-hybridized carbons (Fsp3) is 0.455. The van der Waals surface area contributed by atoms with E-state index >= 15 is 0 Å². The largest absolute Gasteiger partial charge is 0.354 e. The van der Waals surface area contributed by atoms with E-state index in [0.717, 1.165) is 17.7 Å². The Hall–Kier alpha value is -0.910. The summed E-state index contributed by atoms with van der Waals surface area (Å²) in [6.07, 6.45) is 0. The quantitative estimate of drug-likeness (QED) is 0.778. The topological polar surface area (TPSA) is 73.8 Å². The van der Waals surface area contributed by atoms with Crippen LogP contribution in [-0.4, -0.2) is 14.5 Å². The normalized spacial score (nSPS) is 12.0. The summed E-state index contributed by atoms with van der Waals surface area (Å²) in [7, 11) is -3.22. The number of benzene rings is 1. The van der Waals surface area contributed by atoms with E-state index in [4.69, 9.17) is 0 Å². The molecule has 0 amide bonds. The highest BCUT2D eigenvalue weighted by atomic mass is 32.2. The average Bonchev–Trinajstić information content (AvgIpc) is 2.16. The first-order valence-corrected chi connectivity index (χ1v) is 6.95. The van der Waals surface area contributed by atoms with Crippen LogP contribution < -0.4 is 10.5 Å². The van der Waals surface area contributed by atoms with Gasteiger partial charge in [-0.05, 0) is 19.4 Å². The van der Waals surface area contributed by atoms with Gasteiger partial charge in [0.2, 0.25) is 10.0 Å². The number of nitrogens with one attached hydrogen (secondary N) is 1. The van der Waals surface area contributed by atoms with E-state index in [1.165, 1.54) is 0 Å². The van der Waals surface area contributed by atoms with Crippen LogP contribution in [0.25, 0.3) is 0 Å². The first-order valence-electron chi connectivity index (χ1n) is 5.30. The van der Waals surface area contributed by atoms with E-state index in [-0.39, 0.29) is 11.8 Å². The van der Waals surface area contributed by atoms with Crippen molar-refractivity contribution in [3.05, 3.63) is 35.4 Å². The third-order valence-electron chi connectivity index (χ3n) is 2.08. The first-order chi connectivity index (χ1) is 7.43. The lowest BCUT2D eigenvalue weighted by Crippen LogP contribution is -2.47. The van der Waals surface area contributed by atoms with Crippen molar-refractivity contribution in [2.75, 3.05) is 0 Å². The highest BCUT2D eigenvalue weighted by Crippen LogP contribution is 2.07. The summed E-state index contributed by atoms with van der Waals surface area (Å²) >= 11 is 0. The van der Waals surface area contributed by atoms with Crippen LogP contribution in [0.5, 0.6) is 0 Å². The Bertz CT molecular complexity index is 424. The van der Waals surface area contributed by atoms with Crippen LogP contribution in [0.4, 0.5) is 0 Å². The third-order valence-corrected chi connectivity index (χ3v) is 3.63. The minimum absolute atomic E-state index is 0.0304. The molecule has 16 heavy (non-hydrogen) atoms. The van der Waals surface area contributed by atoms with Gasteiger partial charge in [-0.2, -0.15) is 0 Å². The van der Waals surface area contributed by atoms with E-state index < -0.39 is 10.0 Å². The maximum Gasteiger partial charge on any atom is 0.216 e. The number of sulfonamides is 1. The highest BCUT2D eigenvalue weighted by Gasteiger charge is 2.12. The van der Waals surface area contributed by atoms with Gasteiger partial charge < -0.3 is 5.73 Å². The number of hydrogen-bond donors (Lipinski definition) is 2. The van der Waals surface area contributed by atoms with E-state index in [1.54, 1.807) is 0 Å². The second kappa shape index (κ2) is 5.43. The van der Waals surface area contributed by atoms with Gasteiger partial charge in [-0.25, -0.2) is 13.1 Å². The summed E-state index contributed by atoms with van der Waals surface area (Å²) in [4.78, 5) is 0. The number of quaternary nitrogens is 1. The molecule has 0 unspecified atom stereocenters. The van der Waals surface area contributed by atoms with Gasteiger partial charge in [0.15, 0.2) is 0 Å². The molecule has 5 heteroatoms. The van der Waals surface area contributed by atoms with Crippen molar-refractivity contribution >= 4 is 10.0 Å². The molecule has 0 aliphatic rings. The second-order valence-corrected chi connectivity index (χ2v) is 5.85. The van der Waals surface area contributed by atoms with Crippen LogP contribution in [-0.2, 0) is 22.3 Å². The van der Waals surface area contributed by atoms with Gasteiger partial charge in [0, 0.05) is 11.6 Å². The molecule has 4 N–H and O–H groups in total. The Labute approximate surface area is 96.9 Å². The summed E-state index contributed by atoms with van der Waals surface area (Å²) in [5, 5.41) is 0. The van der Waals surface area contributed by atoms with Gasteiger partial charge in [0.1, 0.15) is 0 Å². The monoisotopic (exact) mass is 243 g/mol. The molecule has 0 saturated heterocycles. The van der Waals surface area contributed by atoms with E-state index in [2.05, 4.69) is 10.5 Å². The zero-order chi connectivity index (χ0) is 12.2. The molecular weight excluding hydrogens is 224 g/mol. The van der Waals surface area contributed by atoms with Crippen molar-refractivity contribution in [3.63, 3.8) is 0 Å².